The van der Waals surface area contributed by atoms with Crippen LogP contribution < -0.4 is 10.6 Å². The van der Waals surface area contributed by atoms with Gasteiger partial charge in [-0.15, -0.1) is 11.3 Å². The van der Waals surface area contributed by atoms with E-state index in [4.69, 9.17) is 4.74 Å². The molecule has 6 nitrogen and oxygen atoms in total. The summed E-state index contributed by atoms with van der Waals surface area (Å²) < 4.78 is 5.11. The smallest absolute Gasteiger partial charge is 0.348 e. The second kappa shape index (κ2) is 9.22. The van der Waals surface area contributed by atoms with Gasteiger partial charge in [0.2, 0.25) is 5.91 Å². The van der Waals surface area contributed by atoms with E-state index in [1.165, 1.54) is 21.8 Å². The average Bonchev–Trinajstić information content (AvgIpc) is 3.10. The molecule has 1 unspecified atom stereocenters. The topological polar surface area (TPSA) is 84.5 Å². The summed E-state index contributed by atoms with van der Waals surface area (Å²) in [6, 6.07) is 7.61. The van der Waals surface area contributed by atoms with Gasteiger partial charge in [0.25, 0.3) is 5.91 Å². The molecule has 7 heteroatoms. The summed E-state index contributed by atoms with van der Waals surface area (Å²) in [7, 11) is 0. The molecule has 0 saturated carbocycles. The van der Waals surface area contributed by atoms with Crippen LogP contribution in [0.5, 0.6) is 0 Å². The first kappa shape index (κ1) is 21.0. The van der Waals surface area contributed by atoms with E-state index in [2.05, 4.69) is 17.6 Å². The zero-order valence-corrected chi connectivity index (χ0v) is 17.8. The van der Waals surface area contributed by atoms with Crippen molar-refractivity contribution < 1.29 is 19.1 Å². The van der Waals surface area contributed by atoms with E-state index in [9.17, 15) is 14.4 Å². The van der Waals surface area contributed by atoms with Gasteiger partial charge in [-0.1, -0.05) is 25.1 Å². The second-order valence-electron chi connectivity index (χ2n) is 7.57. The van der Waals surface area contributed by atoms with Crippen LogP contribution in [0.1, 0.15) is 44.6 Å². The van der Waals surface area contributed by atoms with Crippen molar-refractivity contribution in [1.82, 2.24) is 5.32 Å². The highest BCUT2D eigenvalue weighted by atomic mass is 32.1. The monoisotopic (exact) mass is 414 g/mol. The van der Waals surface area contributed by atoms with Crippen LogP contribution in [0, 0.1) is 19.8 Å². The Balaban J connectivity index is 1.44. The molecule has 3 rings (SSSR count). The van der Waals surface area contributed by atoms with Gasteiger partial charge < -0.3 is 15.4 Å². The molecule has 1 aromatic carbocycles. The maximum atomic E-state index is 12.2. The molecule has 2 amide bonds. The van der Waals surface area contributed by atoms with Crippen molar-refractivity contribution in [3.05, 3.63) is 50.7 Å². The summed E-state index contributed by atoms with van der Waals surface area (Å²) in [5.74, 6) is -0.708. The van der Waals surface area contributed by atoms with Crippen LogP contribution in [-0.2, 0) is 27.2 Å². The molecule has 0 saturated heterocycles. The normalized spacial score (nSPS) is 15.3. The number of aryl methyl sites for hydroxylation is 3. The minimum Gasteiger partial charge on any atom is -0.451 e. The number of hydrogen-bond donors (Lipinski definition) is 2. The van der Waals surface area contributed by atoms with Crippen molar-refractivity contribution in [3.8, 4) is 0 Å². The lowest BCUT2D eigenvalue weighted by molar-refractivity contribution is -0.126. The lowest BCUT2D eigenvalue weighted by atomic mass is 9.90. The van der Waals surface area contributed by atoms with Crippen LogP contribution in [-0.4, -0.2) is 30.9 Å². The lowest BCUT2D eigenvalue weighted by Gasteiger charge is -2.16. The summed E-state index contributed by atoms with van der Waals surface area (Å²) in [5.41, 5.74) is 3.86. The van der Waals surface area contributed by atoms with Crippen molar-refractivity contribution >= 4 is 34.8 Å². The molecule has 154 valence electrons. The number of para-hydroxylation sites is 1. The molecule has 0 radical (unpaired) electrons. The standard InChI is InChI=1S/C22H26N2O4S/c1-13-7-8-17-16(9-13)10-18(29-17)22(27)28-12-20(26)23-11-19(25)24-21-14(2)5-4-6-15(21)3/h4-6,10,13H,7-9,11-12H2,1-3H3,(H,23,26)(H,24,25). The van der Waals surface area contributed by atoms with Gasteiger partial charge in [0.1, 0.15) is 4.88 Å². The maximum Gasteiger partial charge on any atom is 0.348 e. The Morgan fingerprint density at radius 3 is 2.62 bits per heavy atom. The number of thiophene rings is 1. The van der Waals surface area contributed by atoms with Crippen molar-refractivity contribution in [2.75, 3.05) is 18.5 Å². The zero-order valence-electron chi connectivity index (χ0n) is 17.0. The van der Waals surface area contributed by atoms with Crippen molar-refractivity contribution in [2.24, 2.45) is 5.92 Å². The number of hydrogen-bond acceptors (Lipinski definition) is 5. The quantitative estimate of drug-likeness (QED) is 0.710. The molecule has 2 N–H and O–H groups in total. The Labute approximate surface area is 174 Å². The molecular formula is C22H26N2O4S. The number of anilines is 1. The van der Waals surface area contributed by atoms with E-state index in [1.54, 1.807) is 0 Å². The summed E-state index contributed by atoms with van der Waals surface area (Å²) in [4.78, 5) is 38.0. The zero-order chi connectivity index (χ0) is 21.0. The van der Waals surface area contributed by atoms with E-state index in [0.29, 0.717) is 10.8 Å². The Morgan fingerprint density at radius 2 is 1.90 bits per heavy atom. The Morgan fingerprint density at radius 1 is 1.17 bits per heavy atom. The number of fused-ring (bicyclic) bond motifs is 1. The first-order chi connectivity index (χ1) is 13.8. The van der Waals surface area contributed by atoms with E-state index >= 15 is 0 Å². The molecular weight excluding hydrogens is 388 g/mol. The Kier molecular flexibility index (Phi) is 6.69. The molecule has 0 spiro atoms. The highest BCUT2D eigenvalue weighted by molar-refractivity contribution is 7.14. The summed E-state index contributed by atoms with van der Waals surface area (Å²) in [6.45, 7) is 5.43. The van der Waals surface area contributed by atoms with Gasteiger partial charge >= 0.3 is 5.97 Å². The van der Waals surface area contributed by atoms with Crippen LogP contribution in [0.15, 0.2) is 24.3 Å². The van der Waals surface area contributed by atoms with Crippen molar-refractivity contribution in [2.45, 2.75) is 40.0 Å². The molecule has 1 aliphatic carbocycles. The van der Waals surface area contributed by atoms with E-state index in [1.807, 2.05) is 38.1 Å². The molecule has 29 heavy (non-hydrogen) atoms. The number of rotatable bonds is 6. The predicted octanol–water partition coefficient (Wildman–Crippen LogP) is 3.40. The lowest BCUT2D eigenvalue weighted by Crippen LogP contribution is -2.35. The van der Waals surface area contributed by atoms with Gasteiger partial charge in [0, 0.05) is 10.6 Å². The van der Waals surface area contributed by atoms with E-state index < -0.39 is 18.5 Å². The number of carbonyl (C=O) groups excluding carboxylic acids is 3. The molecule has 0 fully saturated rings. The highest BCUT2D eigenvalue weighted by Gasteiger charge is 2.21. The molecule has 2 aromatic rings. The number of carbonyl (C=O) groups is 3. The molecule has 1 aliphatic rings. The molecule has 1 atom stereocenters. The summed E-state index contributed by atoms with van der Waals surface area (Å²) in [5, 5.41) is 5.27. The molecule has 0 aliphatic heterocycles. The fourth-order valence-corrected chi connectivity index (χ4v) is 4.54. The number of nitrogens with one attached hydrogen (secondary N) is 2. The third kappa shape index (κ3) is 5.44. The minimum atomic E-state index is -0.509. The number of esters is 1. The van der Waals surface area contributed by atoms with Crippen LogP contribution in [0.3, 0.4) is 0 Å². The van der Waals surface area contributed by atoms with Gasteiger partial charge in [-0.3, -0.25) is 9.59 Å². The van der Waals surface area contributed by atoms with Crippen LogP contribution in [0.25, 0.3) is 0 Å². The van der Waals surface area contributed by atoms with Crippen molar-refractivity contribution in [1.29, 1.82) is 0 Å². The third-order valence-corrected chi connectivity index (χ3v) is 6.27. The Bertz CT molecular complexity index is 915. The van der Waals surface area contributed by atoms with Gasteiger partial charge in [-0.05, 0) is 61.8 Å². The first-order valence-corrected chi connectivity index (χ1v) is 10.6. The van der Waals surface area contributed by atoms with Gasteiger partial charge in [-0.2, -0.15) is 0 Å². The molecule has 1 heterocycles. The Hall–Kier alpha value is -2.67. The number of benzene rings is 1. The van der Waals surface area contributed by atoms with Crippen LogP contribution in [0.2, 0.25) is 0 Å². The third-order valence-electron chi connectivity index (χ3n) is 5.06. The van der Waals surface area contributed by atoms with Gasteiger partial charge in [-0.25, -0.2) is 4.79 Å². The largest absolute Gasteiger partial charge is 0.451 e. The summed E-state index contributed by atoms with van der Waals surface area (Å²) in [6.07, 6.45) is 3.11. The van der Waals surface area contributed by atoms with E-state index in [-0.39, 0.29) is 12.5 Å². The van der Waals surface area contributed by atoms with Crippen LogP contribution in [0.4, 0.5) is 5.69 Å². The molecule has 0 bridgehead atoms. The fourth-order valence-electron chi connectivity index (χ4n) is 3.43. The van der Waals surface area contributed by atoms with Crippen molar-refractivity contribution in [3.63, 3.8) is 0 Å². The fraction of sp³-hybridized carbons (Fsp3) is 0.409. The number of amides is 2. The van der Waals surface area contributed by atoms with Crippen LogP contribution >= 0.6 is 11.3 Å². The average molecular weight is 415 g/mol. The number of ether oxygens (including phenoxy) is 1. The van der Waals surface area contributed by atoms with Gasteiger partial charge in [0.05, 0.1) is 6.54 Å². The maximum absolute atomic E-state index is 12.2. The highest BCUT2D eigenvalue weighted by Crippen LogP contribution is 2.32. The van der Waals surface area contributed by atoms with Gasteiger partial charge in [0.15, 0.2) is 6.61 Å². The minimum absolute atomic E-state index is 0.185. The molecule has 1 aromatic heterocycles. The predicted molar refractivity (Wildman–Crippen MR) is 113 cm³/mol. The second-order valence-corrected chi connectivity index (χ2v) is 8.71. The van der Waals surface area contributed by atoms with E-state index in [0.717, 1.165) is 36.1 Å². The SMILES string of the molecule is Cc1cccc(C)c1NC(=O)CNC(=O)COC(=O)c1cc2c(s1)CCC(C)C2. The summed E-state index contributed by atoms with van der Waals surface area (Å²) >= 11 is 1.45. The first-order valence-electron chi connectivity index (χ1n) is 9.75.